The Hall–Kier alpha value is -1.90. The van der Waals surface area contributed by atoms with E-state index in [0.29, 0.717) is 5.02 Å². The highest BCUT2D eigenvalue weighted by atomic mass is 35.5. The molecular formula is C13H11Cl2NO6S. The average molecular weight is 380 g/mol. The monoisotopic (exact) mass is 379 g/mol. The van der Waals surface area contributed by atoms with E-state index in [0.717, 1.165) is 13.2 Å². The normalized spacial score (nSPS) is 11.3. The Morgan fingerprint density at radius 1 is 1.35 bits per heavy atom. The zero-order valence-corrected chi connectivity index (χ0v) is 14.2. The molecule has 2 rings (SSSR count). The predicted octanol–water partition coefficient (Wildman–Crippen LogP) is 3.26. The minimum atomic E-state index is -3.74. The molecule has 0 aliphatic carbocycles. The van der Waals surface area contributed by atoms with Crippen LogP contribution < -0.4 is 9.46 Å². The molecule has 1 aromatic heterocycles. The molecule has 7 nitrogen and oxygen atoms in total. The number of rotatable bonds is 4. The molecule has 124 valence electrons. The van der Waals surface area contributed by atoms with Gasteiger partial charge in [-0.2, -0.15) is 0 Å². The van der Waals surface area contributed by atoms with Crippen molar-refractivity contribution in [1.82, 2.24) is 0 Å². The van der Waals surface area contributed by atoms with Gasteiger partial charge in [0.05, 0.1) is 11.3 Å². The summed E-state index contributed by atoms with van der Waals surface area (Å²) in [6.45, 7) is 1.09. The Bertz CT molecular complexity index is 875. The molecule has 0 saturated heterocycles. The summed E-state index contributed by atoms with van der Waals surface area (Å²) in [6.07, 6.45) is 0.874. The number of sulfonamides is 1. The predicted molar refractivity (Wildman–Crippen MR) is 85.6 cm³/mol. The number of benzene rings is 1. The molecule has 0 aliphatic heterocycles. The molecule has 0 spiro atoms. The van der Waals surface area contributed by atoms with Gasteiger partial charge in [-0.15, -0.1) is 0 Å². The van der Waals surface area contributed by atoms with Crippen LogP contribution in [0.25, 0.3) is 11.3 Å². The zero-order chi connectivity index (χ0) is 17.4. The summed E-state index contributed by atoms with van der Waals surface area (Å²) in [6, 6.07) is 4.38. The summed E-state index contributed by atoms with van der Waals surface area (Å²) in [5.74, 6) is -2.42. The first-order valence-corrected chi connectivity index (χ1v) is 8.70. The fourth-order valence-electron chi connectivity index (χ4n) is 1.74. The lowest BCUT2D eigenvalue weighted by Crippen LogP contribution is -2.11. The fourth-order valence-corrected chi connectivity index (χ4v) is 2.70. The number of furan rings is 1. The SMILES string of the molecule is CC(=O)Oc1c(NS(C)(=O)=O)oc(-c2ccc(Cl)cc2Cl)c1O. The van der Waals surface area contributed by atoms with Crippen molar-refractivity contribution in [3.05, 3.63) is 28.2 Å². The minimum Gasteiger partial charge on any atom is -0.502 e. The van der Waals surface area contributed by atoms with E-state index in [-0.39, 0.29) is 16.3 Å². The maximum atomic E-state index is 11.4. The number of halogens is 2. The van der Waals surface area contributed by atoms with Crippen molar-refractivity contribution in [1.29, 1.82) is 0 Å². The van der Waals surface area contributed by atoms with Crippen LogP contribution in [-0.2, 0) is 14.8 Å². The van der Waals surface area contributed by atoms with Gasteiger partial charge in [-0.25, -0.2) is 8.42 Å². The number of hydrogen-bond acceptors (Lipinski definition) is 6. The second kappa shape index (κ2) is 6.31. The van der Waals surface area contributed by atoms with Crippen LogP contribution in [0.5, 0.6) is 11.5 Å². The zero-order valence-electron chi connectivity index (χ0n) is 11.9. The van der Waals surface area contributed by atoms with Gasteiger partial charge >= 0.3 is 5.97 Å². The van der Waals surface area contributed by atoms with Crippen molar-refractivity contribution in [2.75, 3.05) is 11.0 Å². The van der Waals surface area contributed by atoms with E-state index in [4.69, 9.17) is 32.4 Å². The van der Waals surface area contributed by atoms with E-state index in [9.17, 15) is 18.3 Å². The maximum absolute atomic E-state index is 11.4. The molecule has 1 heterocycles. The standard InChI is InChI=1S/C13H11Cl2NO6S/c1-6(17)21-12-10(18)11(22-13(12)16-23(2,19)20)8-4-3-7(14)5-9(8)15/h3-5,16,18H,1-2H3. The lowest BCUT2D eigenvalue weighted by atomic mass is 10.1. The Kier molecular flexibility index (Phi) is 4.79. The topological polar surface area (TPSA) is 106 Å². The van der Waals surface area contributed by atoms with Gasteiger partial charge in [0.25, 0.3) is 5.88 Å². The van der Waals surface area contributed by atoms with Gasteiger partial charge < -0.3 is 14.3 Å². The highest BCUT2D eigenvalue weighted by Gasteiger charge is 2.27. The first-order valence-electron chi connectivity index (χ1n) is 6.06. The lowest BCUT2D eigenvalue weighted by molar-refractivity contribution is -0.131. The number of nitrogens with one attached hydrogen (secondary N) is 1. The summed E-state index contributed by atoms with van der Waals surface area (Å²) >= 11 is 11.8. The van der Waals surface area contributed by atoms with Crippen LogP contribution in [0.2, 0.25) is 10.0 Å². The van der Waals surface area contributed by atoms with Crippen molar-refractivity contribution < 1.29 is 27.5 Å². The third-order valence-corrected chi connectivity index (χ3v) is 3.64. The van der Waals surface area contributed by atoms with Crippen LogP contribution >= 0.6 is 23.2 Å². The summed E-state index contributed by atoms with van der Waals surface area (Å²) in [4.78, 5) is 11.1. The number of aromatic hydroxyl groups is 1. The third kappa shape index (κ3) is 4.10. The van der Waals surface area contributed by atoms with Crippen molar-refractivity contribution in [2.45, 2.75) is 6.92 Å². The second-order valence-electron chi connectivity index (χ2n) is 4.53. The quantitative estimate of drug-likeness (QED) is 0.789. The van der Waals surface area contributed by atoms with Gasteiger partial charge in [-0.1, -0.05) is 23.2 Å². The molecule has 23 heavy (non-hydrogen) atoms. The fraction of sp³-hybridized carbons (Fsp3) is 0.154. The average Bonchev–Trinajstić information content (AvgIpc) is 2.65. The summed E-state index contributed by atoms with van der Waals surface area (Å²) in [5, 5.41) is 10.7. The van der Waals surface area contributed by atoms with Crippen LogP contribution in [0, 0.1) is 0 Å². The van der Waals surface area contributed by atoms with Gasteiger partial charge in [-0.05, 0) is 18.2 Å². The van der Waals surface area contributed by atoms with E-state index in [1.165, 1.54) is 18.2 Å². The molecule has 0 aliphatic rings. The van der Waals surface area contributed by atoms with E-state index in [2.05, 4.69) is 0 Å². The smallest absolute Gasteiger partial charge is 0.308 e. The number of carbonyl (C=O) groups is 1. The van der Waals surface area contributed by atoms with Crippen LogP contribution in [0.4, 0.5) is 5.88 Å². The molecule has 0 atom stereocenters. The van der Waals surface area contributed by atoms with Crippen LogP contribution in [0.15, 0.2) is 22.6 Å². The van der Waals surface area contributed by atoms with Gasteiger partial charge in [0.1, 0.15) is 0 Å². The van der Waals surface area contributed by atoms with Crippen LogP contribution in [0.3, 0.4) is 0 Å². The molecule has 0 radical (unpaired) electrons. The molecule has 2 aromatic rings. The van der Waals surface area contributed by atoms with Crippen molar-refractivity contribution in [3.8, 4) is 22.8 Å². The number of carbonyl (C=O) groups excluding carboxylic acids is 1. The summed E-state index contributed by atoms with van der Waals surface area (Å²) in [5.41, 5.74) is 0.239. The molecule has 10 heteroatoms. The number of esters is 1. The Morgan fingerprint density at radius 3 is 2.52 bits per heavy atom. The van der Waals surface area contributed by atoms with E-state index in [1.807, 2.05) is 4.72 Å². The molecule has 0 amide bonds. The number of hydrogen-bond donors (Lipinski definition) is 2. The molecule has 2 N–H and O–H groups in total. The van der Waals surface area contributed by atoms with Gasteiger partial charge in [0, 0.05) is 17.5 Å². The minimum absolute atomic E-state index is 0.154. The van der Waals surface area contributed by atoms with Gasteiger partial charge in [-0.3, -0.25) is 9.52 Å². The summed E-state index contributed by atoms with van der Waals surface area (Å²) in [7, 11) is -3.74. The third-order valence-electron chi connectivity index (χ3n) is 2.54. The van der Waals surface area contributed by atoms with Crippen molar-refractivity contribution in [3.63, 3.8) is 0 Å². The molecule has 0 unspecified atom stereocenters. The van der Waals surface area contributed by atoms with Crippen LogP contribution in [-0.4, -0.2) is 25.7 Å². The molecule has 0 bridgehead atoms. The van der Waals surface area contributed by atoms with Crippen LogP contribution in [0.1, 0.15) is 6.92 Å². The molecule has 0 saturated carbocycles. The number of ether oxygens (including phenoxy) is 1. The lowest BCUT2D eigenvalue weighted by Gasteiger charge is -2.02. The maximum Gasteiger partial charge on any atom is 0.308 e. The molecule has 0 fully saturated rings. The number of anilines is 1. The highest BCUT2D eigenvalue weighted by Crippen LogP contribution is 2.48. The Morgan fingerprint density at radius 2 is 2.00 bits per heavy atom. The highest BCUT2D eigenvalue weighted by molar-refractivity contribution is 7.92. The van der Waals surface area contributed by atoms with Gasteiger partial charge in [0.2, 0.25) is 21.5 Å². The first kappa shape index (κ1) is 17.5. The van der Waals surface area contributed by atoms with Gasteiger partial charge in [0.15, 0.2) is 5.76 Å². The van der Waals surface area contributed by atoms with Crippen molar-refractivity contribution in [2.24, 2.45) is 0 Å². The molecular weight excluding hydrogens is 369 g/mol. The second-order valence-corrected chi connectivity index (χ2v) is 7.12. The van der Waals surface area contributed by atoms with Crippen molar-refractivity contribution >= 4 is 45.1 Å². The molecule has 1 aromatic carbocycles. The van der Waals surface area contributed by atoms with E-state index in [1.54, 1.807) is 0 Å². The van der Waals surface area contributed by atoms with E-state index < -0.39 is 33.4 Å². The Labute approximate surface area is 141 Å². The van der Waals surface area contributed by atoms with E-state index >= 15 is 0 Å². The summed E-state index contributed by atoms with van der Waals surface area (Å²) < 4.78 is 34.9. The first-order chi connectivity index (χ1) is 10.6. The Balaban J connectivity index is 2.63. The largest absolute Gasteiger partial charge is 0.502 e.